The molecule has 1 aromatic carbocycles. The fourth-order valence-corrected chi connectivity index (χ4v) is 2.21. The Hall–Kier alpha value is -1.69. The van der Waals surface area contributed by atoms with Crippen LogP contribution >= 0.6 is 23.2 Å². The molecule has 0 saturated heterocycles. The maximum Gasteiger partial charge on any atom is 0.253 e. The van der Waals surface area contributed by atoms with E-state index in [1.54, 1.807) is 19.1 Å². The fourth-order valence-electron chi connectivity index (χ4n) is 1.61. The summed E-state index contributed by atoms with van der Waals surface area (Å²) < 4.78 is 10.5. The molecule has 0 spiro atoms. The van der Waals surface area contributed by atoms with E-state index in [2.05, 4.69) is 5.32 Å². The third kappa shape index (κ3) is 4.14. The Morgan fingerprint density at radius 2 is 2.10 bits per heavy atom. The lowest BCUT2D eigenvalue weighted by atomic mass is 10.2. The van der Waals surface area contributed by atoms with Gasteiger partial charge in [-0.15, -0.1) is 0 Å². The van der Waals surface area contributed by atoms with Crippen LogP contribution in [0.25, 0.3) is 0 Å². The number of nitrogens with two attached hydrogens (primary N) is 1. The highest BCUT2D eigenvalue weighted by Crippen LogP contribution is 2.32. The third-order valence-electron chi connectivity index (χ3n) is 2.74. The van der Waals surface area contributed by atoms with Crippen molar-refractivity contribution in [2.24, 2.45) is 0 Å². The molecule has 1 unspecified atom stereocenters. The highest BCUT2D eigenvalue weighted by Gasteiger charge is 2.17. The van der Waals surface area contributed by atoms with Crippen LogP contribution in [0.3, 0.4) is 0 Å². The molecule has 7 heteroatoms. The minimum Gasteiger partial charge on any atom is -0.467 e. The second-order valence-corrected chi connectivity index (χ2v) is 5.20. The minimum absolute atomic E-state index is 0.199. The summed E-state index contributed by atoms with van der Waals surface area (Å²) in [4.78, 5) is 12.0. The van der Waals surface area contributed by atoms with Gasteiger partial charge in [0.25, 0.3) is 5.91 Å². The smallest absolute Gasteiger partial charge is 0.253 e. The van der Waals surface area contributed by atoms with Gasteiger partial charge in [-0.05, 0) is 31.2 Å². The van der Waals surface area contributed by atoms with Gasteiger partial charge < -0.3 is 20.2 Å². The molecule has 1 amide bonds. The number of carbonyl (C=O) groups is 1. The molecule has 1 heterocycles. The molecule has 0 aliphatic rings. The van der Waals surface area contributed by atoms with Crippen molar-refractivity contribution in [2.75, 3.05) is 11.1 Å². The second kappa shape index (κ2) is 6.85. The Balaban J connectivity index is 1.97. The molecule has 0 fully saturated rings. The molecule has 112 valence electrons. The minimum atomic E-state index is -0.695. The van der Waals surface area contributed by atoms with Crippen molar-refractivity contribution in [1.29, 1.82) is 0 Å². The molecule has 0 bridgehead atoms. The van der Waals surface area contributed by atoms with Crippen molar-refractivity contribution < 1.29 is 13.9 Å². The zero-order chi connectivity index (χ0) is 15.4. The van der Waals surface area contributed by atoms with Crippen LogP contribution in [0.5, 0.6) is 0 Å². The van der Waals surface area contributed by atoms with Crippen LogP contribution in [0, 0.1) is 0 Å². The van der Waals surface area contributed by atoms with E-state index in [-0.39, 0.29) is 22.6 Å². The lowest BCUT2D eigenvalue weighted by Crippen LogP contribution is -2.27. The number of carbonyl (C=O) groups excluding carboxylic acids is 1. The Morgan fingerprint density at radius 1 is 1.43 bits per heavy atom. The van der Waals surface area contributed by atoms with Gasteiger partial charge in [0.05, 0.1) is 22.0 Å². The number of benzene rings is 1. The predicted molar refractivity (Wildman–Crippen MR) is 82.5 cm³/mol. The van der Waals surface area contributed by atoms with Crippen molar-refractivity contribution in [3.63, 3.8) is 0 Å². The van der Waals surface area contributed by atoms with Crippen LogP contribution < -0.4 is 11.1 Å². The number of ether oxygens (including phenoxy) is 1. The first-order chi connectivity index (χ1) is 9.97. The van der Waals surface area contributed by atoms with E-state index in [0.717, 1.165) is 0 Å². The standard InChI is InChI=1S/C14H14Cl2N2O3/c1-8(21-7-10-3-2-4-20-10)14(19)18-13-11(15)5-9(17)6-12(13)16/h2-6,8H,7,17H2,1H3,(H,18,19). The molecule has 5 nitrogen and oxygen atoms in total. The molecule has 2 aromatic rings. The van der Waals surface area contributed by atoms with Gasteiger partial charge in [0.15, 0.2) is 0 Å². The molecule has 0 aliphatic carbocycles. The first-order valence-corrected chi connectivity index (χ1v) is 6.92. The largest absolute Gasteiger partial charge is 0.467 e. The summed E-state index contributed by atoms with van der Waals surface area (Å²) in [6.45, 7) is 1.82. The number of anilines is 2. The number of halogens is 2. The Labute approximate surface area is 132 Å². The van der Waals surface area contributed by atoms with Crippen LogP contribution in [0.4, 0.5) is 11.4 Å². The predicted octanol–water partition coefficient (Wildman–Crippen LogP) is 3.71. The van der Waals surface area contributed by atoms with E-state index in [1.165, 1.54) is 18.4 Å². The summed E-state index contributed by atoms with van der Waals surface area (Å²) in [6.07, 6.45) is 0.844. The lowest BCUT2D eigenvalue weighted by molar-refractivity contribution is -0.127. The molecular weight excluding hydrogens is 315 g/mol. The van der Waals surface area contributed by atoms with Gasteiger partial charge in [-0.2, -0.15) is 0 Å². The highest BCUT2D eigenvalue weighted by molar-refractivity contribution is 6.40. The van der Waals surface area contributed by atoms with Gasteiger partial charge >= 0.3 is 0 Å². The van der Waals surface area contributed by atoms with Crippen LogP contribution in [0.1, 0.15) is 12.7 Å². The monoisotopic (exact) mass is 328 g/mol. The van der Waals surface area contributed by atoms with Crippen LogP contribution in [0.15, 0.2) is 34.9 Å². The van der Waals surface area contributed by atoms with E-state index in [9.17, 15) is 4.79 Å². The average molecular weight is 329 g/mol. The number of rotatable bonds is 5. The quantitative estimate of drug-likeness (QED) is 0.820. The molecule has 0 saturated carbocycles. The first-order valence-electron chi connectivity index (χ1n) is 6.16. The molecule has 1 aromatic heterocycles. The number of amides is 1. The number of furan rings is 1. The van der Waals surface area contributed by atoms with Gasteiger partial charge in [0, 0.05) is 5.69 Å². The summed E-state index contributed by atoms with van der Waals surface area (Å²) in [6, 6.07) is 6.53. The molecule has 21 heavy (non-hydrogen) atoms. The SMILES string of the molecule is CC(OCc1ccco1)C(=O)Nc1c(Cl)cc(N)cc1Cl. The van der Waals surface area contributed by atoms with Gasteiger partial charge in [-0.25, -0.2) is 0 Å². The molecule has 2 rings (SSSR count). The van der Waals surface area contributed by atoms with E-state index in [1.807, 2.05) is 0 Å². The van der Waals surface area contributed by atoms with E-state index >= 15 is 0 Å². The fraction of sp³-hybridized carbons (Fsp3) is 0.214. The van der Waals surface area contributed by atoms with Crippen LogP contribution in [-0.2, 0) is 16.1 Å². The van der Waals surface area contributed by atoms with Gasteiger partial charge in [-0.1, -0.05) is 23.2 Å². The maximum absolute atomic E-state index is 12.0. The van der Waals surface area contributed by atoms with Crippen LogP contribution in [0.2, 0.25) is 10.0 Å². The summed E-state index contributed by atoms with van der Waals surface area (Å²) in [5.41, 5.74) is 6.34. The zero-order valence-electron chi connectivity index (χ0n) is 11.2. The highest BCUT2D eigenvalue weighted by atomic mass is 35.5. The Kier molecular flexibility index (Phi) is 5.12. The number of hydrogen-bond acceptors (Lipinski definition) is 4. The topological polar surface area (TPSA) is 77.5 Å². The number of nitrogens with one attached hydrogen (secondary N) is 1. The average Bonchev–Trinajstić information content (AvgIpc) is 2.93. The molecule has 0 radical (unpaired) electrons. The van der Waals surface area contributed by atoms with Crippen molar-refractivity contribution in [3.8, 4) is 0 Å². The Bertz CT molecular complexity index is 606. The third-order valence-corrected chi connectivity index (χ3v) is 3.33. The van der Waals surface area contributed by atoms with Crippen molar-refractivity contribution >= 4 is 40.5 Å². The molecule has 0 aliphatic heterocycles. The second-order valence-electron chi connectivity index (χ2n) is 4.38. The van der Waals surface area contributed by atoms with Crippen LogP contribution in [-0.4, -0.2) is 12.0 Å². The number of hydrogen-bond donors (Lipinski definition) is 2. The Morgan fingerprint density at radius 3 is 2.67 bits per heavy atom. The van der Waals surface area contributed by atoms with Crippen molar-refractivity contribution in [2.45, 2.75) is 19.6 Å². The first kappa shape index (κ1) is 15.7. The van der Waals surface area contributed by atoms with Gasteiger partial charge in [-0.3, -0.25) is 4.79 Å². The summed E-state index contributed by atoms with van der Waals surface area (Å²) in [5.74, 6) is 0.272. The molecular formula is C14H14Cl2N2O3. The zero-order valence-corrected chi connectivity index (χ0v) is 12.7. The normalized spacial score (nSPS) is 12.1. The lowest BCUT2D eigenvalue weighted by Gasteiger charge is -2.14. The van der Waals surface area contributed by atoms with Crippen molar-refractivity contribution in [3.05, 3.63) is 46.3 Å². The summed E-state index contributed by atoms with van der Waals surface area (Å²) in [7, 11) is 0. The van der Waals surface area contributed by atoms with Gasteiger partial charge in [0.2, 0.25) is 0 Å². The van der Waals surface area contributed by atoms with E-state index in [4.69, 9.17) is 38.1 Å². The molecule has 3 N–H and O–H groups in total. The van der Waals surface area contributed by atoms with Gasteiger partial charge in [0.1, 0.15) is 18.5 Å². The van der Waals surface area contributed by atoms with Crippen molar-refractivity contribution in [1.82, 2.24) is 0 Å². The summed E-state index contributed by atoms with van der Waals surface area (Å²) in [5, 5.41) is 3.16. The number of nitrogen functional groups attached to an aromatic ring is 1. The van der Waals surface area contributed by atoms with E-state index in [0.29, 0.717) is 17.1 Å². The van der Waals surface area contributed by atoms with E-state index < -0.39 is 6.10 Å². The molecule has 1 atom stereocenters. The summed E-state index contributed by atoms with van der Waals surface area (Å²) >= 11 is 12.0. The maximum atomic E-state index is 12.0.